The Morgan fingerprint density at radius 2 is 1.72 bits per heavy atom. The maximum atomic E-state index is 13.0. The van der Waals surface area contributed by atoms with Crippen molar-refractivity contribution in [3.8, 4) is 22.9 Å². The quantitative estimate of drug-likeness (QED) is 0.505. The molecule has 0 spiro atoms. The van der Waals surface area contributed by atoms with Crippen molar-refractivity contribution in [2.45, 2.75) is 0 Å². The van der Waals surface area contributed by atoms with Crippen LogP contribution in [0, 0.1) is 0 Å². The van der Waals surface area contributed by atoms with Gasteiger partial charge in [0.2, 0.25) is 4.96 Å². The van der Waals surface area contributed by atoms with E-state index in [1.165, 1.54) is 15.7 Å². The Hall–Kier alpha value is -3.39. The number of thiazole rings is 1. The molecule has 8 heteroatoms. The zero-order valence-corrected chi connectivity index (χ0v) is 17.4. The maximum Gasteiger partial charge on any atom is 0.276 e. The minimum absolute atomic E-state index is 0.142. The number of nitrogens with zero attached hydrogens (tertiary/aromatic N) is 4. The van der Waals surface area contributed by atoms with Gasteiger partial charge < -0.3 is 14.4 Å². The molecule has 0 fully saturated rings. The Kier molecular flexibility index (Phi) is 4.94. The van der Waals surface area contributed by atoms with Crippen LogP contribution in [-0.4, -0.2) is 42.9 Å². The number of methoxy groups -OCH3 is 2. The average Bonchev–Trinajstić information content (AvgIpc) is 3.28. The van der Waals surface area contributed by atoms with Gasteiger partial charge in [0.05, 0.1) is 18.8 Å². The summed E-state index contributed by atoms with van der Waals surface area (Å²) in [5.74, 6) is 1.65. The SMILES string of the molecule is COc1ccc(-c2nnc3sc(=Cc4ccc(N(C)C)cc4)c(=O)n23)cc1OC. The molecule has 2 aromatic heterocycles. The minimum Gasteiger partial charge on any atom is -0.493 e. The molecule has 0 N–H and O–H groups in total. The molecule has 0 atom stereocenters. The first-order chi connectivity index (χ1) is 14.0. The molecule has 2 heterocycles. The lowest BCUT2D eigenvalue weighted by Crippen LogP contribution is -2.23. The predicted molar refractivity (Wildman–Crippen MR) is 115 cm³/mol. The van der Waals surface area contributed by atoms with E-state index in [0.717, 1.165) is 16.8 Å². The lowest BCUT2D eigenvalue weighted by Gasteiger charge is -2.11. The molecule has 0 radical (unpaired) electrons. The molecule has 0 aliphatic rings. The molecule has 0 saturated heterocycles. The Morgan fingerprint density at radius 1 is 1.00 bits per heavy atom. The van der Waals surface area contributed by atoms with Gasteiger partial charge in [-0.15, -0.1) is 10.2 Å². The fourth-order valence-electron chi connectivity index (χ4n) is 3.04. The van der Waals surface area contributed by atoms with Crippen molar-refractivity contribution < 1.29 is 9.47 Å². The summed E-state index contributed by atoms with van der Waals surface area (Å²) in [6.45, 7) is 0. The molecule has 0 aliphatic carbocycles. The Balaban J connectivity index is 1.80. The topological polar surface area (TPSA) is 69.0 Å². The molecule has 4 aromatic rings. The largest absolute Gasteiger partial charge is 0.493 e. The number of anilines is 1. The van der Waals surface area contributed by atoms with Crippen molar-refractivity contribution in [1.82, 2.24) is 14.6 Å². The summed E-state index contributed by atoms with van der Waals surface area (Å²) in [7, 11) is 7.13. The minimum atomic E-state index is -0.142. The first-order valence-corrected chi connectivity index (χ1v) is 9.73. The summed E-state index contributed by atoms with van der Waals surface area (Å²) in [6, 6.07) is 13.4. The molecule has 0 aliphatic heterocycles. The highest BCUT2D eigenvalue weighted by molar-refractivity contribution is 7.15. The molecule has 0 unspecified atom stereocenters. The number of benzene rings is 2. The Bertz CT molecular complexity index is 1280. The number of hydrogen-bond acceptors (Lipinski definition) is 7. The van der Waals surface area contributed by atoms with Crippen molar-refractivity contribution in [3.63, 3.8) is 0 Å². The number of aromatic nitrogens is 3. The van der Waals surface area contributed by atoms with E-state index < -0.39 is 0 Å². The van der Waals surface area contributed by atoms with Crippen LogP contribution < -0.4 is 24.5 Å². The van der Waals surface area contributed by atoms with E-state index in [1.54, 1.807) is 26.4 Å². The lowest BCUT2D eigenvalue weighted by molar-refractivity contribution is 0.355. The van der Waals surface area contributed by atoms with Crippen LogP contribution in [0.3, 0.4) is 0 Å². The molecule has 0 bridgehead atoms. The highest BCUT2D eigenvalue weighted by Crippen LogP contribution is 2.31. The van der Waals surface area contributed by atoms with E-state index >= 15 is 0 Å². The fourth-order valence-corrected chi connectivity index (χ4v) is 3.96. The van der Waals surface area contributed by atoms with Crippen molar-refractivity contribution in [2.24, 2.45) is 0 Å². The van der Waals surface area contributed by atoms with Gasteiger partial charge in [0, 0.05) is 25.3 Å². The van der Waals surface area contributed by atoms with E-state index in [9.17, 15) is 4.79 Å². The van der Waals surface area contributed by atoms with Gasteiger partial charge in [-0.1, -0.05) is 23.5 Å². The number of hydrogen-bond donors (Lipinski definition) is 0. The van der Waals surface area contributed by atoms with E-state index in [4.69, 9.17) is 9.47 Å². The summed E-state index contributed by atoms with van der Waals surface area (Å²) in [5, 5.41) is 8.39. The van der Waals surface area contributed by atoms with Crippen LogP contribution in [0.4, 0.5) is 5.69 Å². The Labute approximate surface area is 171 Å². The molecule has 0 amide bonds. The number of rotatable bonds is 5. The first kappa shape index (κ1) is 18.9. The second-order valence-electron chi connectivity index (χ2n) is 6.61. The number of fused-ring (bicyclic) bond motifs is 1. The summed E-state index contributed by atoms with van der Waals surface area (Å²) in [6.07, 6.45) is 1.87. The summed E-state index contributed by atoms with van der Waals surface area (Å²) in [5.41, 5.74) is 2.65. The van der Waals surface area contributed by atoms with E-state index in [0.29, 0.717) is 26.8 Å². The molecule has 4 rings (SSSR count). The second kappa shape index (κ2) is 7.56. The van der Waals surface area contributed by atoms with Gasteiger partial charge in [-0.05, 0) is 42.0 Å². The van der Waals surface area contributed by atoms with Crippen LogP contribution in [0.25, 0.3) is 22.4 Å². The summed E-state index contributed by atoms with van der Waals surface area (Å²) in [4.78, 5) is 15.6. The van der Waals surface area contributed by atoms with Crippen LogP contribution >= 0.6 is 11.3 Å². The van der Waals surface area contributed by atoms with Crippen LogP contribution in [0.2, 0.25) is 0 Å². The van der Waals surface area contributed by atoms with Crippen molar-refractivity contribution in [1.29, 1.82) is 0 Å². The first-order valence-electron chi connectivity index (χ1n) is 8.91. The normalized spacial score (nSPS) is 11.8. The van der Waals surface area contributed by atoms with Crippen molar-refractivity contribution >= 4 is 28.1 Å². The standard InChI is InChI=1S/C21H20N4O3S/c1-24(2)15-8-5-13(6-9-15)11-18-20(26)25-19(22-23-21(25)29-18)14-7-10-16(27-3)17(12-14)28-4/h5-12H,1-4H3. The third kappa shape index (κ3) is 3.42. The van der Waals surface area contributed by atoms with Crippen LogP contribution in [-0.2, 0) is 0 Å². The predicted octanol–water partition coefficient (Wildman–Crippen LogP) is 2.45. The van der Waals surface area contributed by atoms with Gasteiger partial charge in [0.15, 0.2) is 17.3 Å². The van der Waals surface area contributed by atoms with E-state index in [-0.39, 0.29) is 5.56 Å². The summed E-state index contributed by atoms with van der Waals surface area (Å²) >= 11 is 1.32. The van der Waals surface area contributed by atoms with Gasteiger partial charge >= 0.3 is 0 Å². The zero-order valence-electron chi connectivity index (χ0n) is 16.5. The lowest BCUT2D eigenvalue weighted by atomic mass is 10.2. The Morgan fingerprint density at radius 3 is 2.38 bits per heavy atom. The van der Waals surface area contributed by atoms with Crippen LogP contribution in [0.1, 0.15) is 5.56 Å². The van der Waals surface area contributed by atoms with Gasteiger partial charge in [0.25, 0.3) is 5.56 Å². The fraction of sp³-hybridized carbons (Fsp3) is 0.190. The van der Waals surface area contributed by atoms with Crippen LogP contribution in [0.5, 0.6) is 11.5 Å². The number of ether oxygens (including phenoxy) is 2. The smallest absolute Gasteiger partial charge is 0.276 e. The third-order valence-corrected chi connectivity index (χ3v) is 5.56. The highest BCUT2D eigenvalue weighted by atomic mass is 32.1. The van der Waals surface area contributed by atoms with E-state index in [1.807, 2.05) is 55.4 Å². The summed E-state index contributed by atoms with van der Waals surface area (Å²) < 4.78 is 12.8. The molecular weight excluding hydrogens is 388 g/mol. The van der Waals surface area contributed by atoms with Gasteiger partial charge in [-0.2, -0.15) is 0 Å². The molecule has 29 heavy (non-hydrogen) atoms. The van der Waals surface area contributed by atoms with Crippen molar-refractivity contribution in [3.05, 3.63) is 62.9 Å². The van der Waals surface area contributed by atoms with Gasteiger partial charge in [-0.25, -0.2) is 4.40 Å². The molecule has 2 aromatic carbocycles. The van der Waals surface area contributed by atoms with Gasteiger partial charge in [0.1, 0.15) is 0 Å². The zero-order chi connectivity index (χ0) is 20.5. The van der Waals surface area contributed by atoms with Gasteiger partial charge in [-0.3, -0.25) is 4.79 Å². The average molecular weight is 408 g/mol. The molecular formula is C21H20N4O3S. The maximum absolute atomic E-state index is 13.0. The van der Waals surface area contributed by atoms with E-state index in [2.05, 4.69) is 10.2 Å². The monoisotopic (exact) mass is 408 g/mol. The second-order valence-corrected chi connectivity index (χ2v) is 7.62. The van der Waals surface area contributed by atoms with Crippen LogP contribution in [0.15, 0.2) is 47.3 Å². The van der Waals surface area contributed by atoms with Crippen molar-refractivity contribution in [2.75, 3.05) is 33.2 Å². The molecule has 0 saturated carbocycles. The highest BCUT2D eigenvalue weighted by Gasteiger charge is 2.16. The molecule has 7 nitrogen and oxygen atoms in total. The molecule has 148 valence electrons. The third-order valence-electron chi connectivity index (χ3n) is 4.60.